The molecule has 0 aliphatic heterocycles. The monoisotopic (exact) mass is 238 g/mol. The molecular weight excluding hydrogens is 220 g/mol. The maximum atomic E-state index is 10.4. The lowest BCUT2D eigenvalue weighted by atomic mass is 10.1. The standard InChI is InChI=1S/C12H18N2O3/c1-9(2)12(15)8-13-7-10-3-5-11(6-4-10)14(16)17/h3-6,9,12-13,15H,7-8H2,1-2H3. The van der Waals surface area contributed by atoms with E-state index in [2.05, 4.69) is 5.32 Å². The van der Waals surface area contributed by atoms with Gasteiger partial charge in [0.1, 0.15) is 0 Å². The number of nitro groups is 1. The number of nitrogens with zero attached hydrogens (tertiary/aromatic N) is 1. The number of hydrogen-bond acceptors (Lipinski definition) is 4. The van der Waals surface area contributed by atoms with Crippen molar-refractivity contribution >= 4 is 5.69 Å². The number of aliphatic hydroxyl groups excluding tert-OH is 1. The van der Waals surface area contributed by atoms with Crippen molar-refractivity contribution in [1.29, 1.82) is 0 Å². The molecule has 0 saturated carbocycles. The van der Waals surface area contributed by atoms with E-state index < -0.39 is 4.92 Å². The smallest absolute Gasteiger partial charge is 0.269 e. The number of rotatable bonds is 6. The fraction of sp³-hybridized carbons (Fsp3) is 0.500. The Morgan fingerprint density at radius 1 is 1.35 bits per heavy atom. The first kappa shape index (κ1) is 13.6. The van der Waals surface area contributed by atoms with Crippen LogP contribution in [-0.4, -0.2) is 22.7 Å². The van der Waals surface area contributed by atoms with Crippen LogP contribution in [0.5, 0.6) is 0 Å². The highest BCUT2D eigenvalue weighted by molar-refractivity contribution is 5.32. The lowest BCUT2D eigenvalue weighted by Gasteiger charge is -2.14. The van der Waals surface area contributed by atoms with Crippen molar-refractivity contribution in [3.63, 3.8) is 0 Å². The van der Waals surface area contributed by atoms with Crippen molar-refractivity contribution in [2.75, 3.05) is 6.54 Å². The molecule has 0 amide bonds. The molecule has 0 bridgehead atoms. The van der Waals surface area contributed by atoms with Gasteiger partial charge in [0.05, 0.1) is 11.0 Å². The van der Waals surface area contributed by atoms with Crippen molar-refractivity contribution < 1.29 is 10.0 Å². The molecule has 0 saturated heterocycles. The molecule has 0 aliphatic carbocycles. The first-order valence-corrected chi connectivity index (χ1v) is 5.63. The molecule has 1 atom stereocenters. The van der Waals surface area contributed by atoms with Crippen LogP contribution in [0.1, 0.15) is 19.4 Å². The van der Waals surface area contributed by atoms with E-state index in [9.17, 15) is 15.2 Å². The first-order chi connectivity index (χ1) is 8.00. The summed E-state index contributed by atoms with van der Waals surface area (Å²) in [5, 5.41) is 23.1. The number of aliphatic hydroxyl groups is 1. The molecule has 0 spiro atoms. The highest BCUT2D eigenvalue weighted by Crippen LogP contribution is 2.11. The largest absolute Gasteiger partial charge is 0.392 e. The second-order valence-corrected chi connectivity index (χ2v) is 4.37. The van der Waals surface area contributed by atoms with Crippen molar-refractivity contribution in [2.24, 2.45) is 5.92 Å². The molecule has 0 fully saturated rings. The van der Waals surface area contributed by atoms with Crippen LogP contribution in [0.4, 0.5) is 5.69 Å². The first-order valence-electron chi connectivity index (χ1n) is 5.63. The van der Waals surface area contributed by atoms with E-state index in [1.807, 2.05) is 13.8 Å². The van der Waals surface area contributed by atoms with Crippen LogP contribution in [0.3, 0.4) is 0 Å². The third-order valence-electron chi connectivity index (χ3n) is 2.60. The molecule has 17 heavy (non-hydrogen) atoms. The molecule has 0 aromatic heterocycles. The fourth-order valence-corrected chi connectivity index (χ4v) is 1.34. The van der Waals surface area contributed by atoms with Crippen LogP contribution in [0, 0.1) is 16.0 Å². The molecule has 1 aromatic carbocycles. The minimum absolute atomic E-state index is 0.0935. The van der Waals surface area contributed by atoms with Crippen LogP contribution in [0.2, 0.25) is 0 Å². The molecule has 5 nitrogen and oxygen atoms in total. The number of nitrogens with one attached hydrogen (secondary N) is 1. The maximum absolute atomic E-state index is 10.4. The van der Waals surface area contributed by atoms with E-state index in [0.717, 1.165) is 5.56 Å². The van der Waals surface area contributed by atoms with Gasteiger partial charge in [-0.25, -0.2) is 0 Å². The lowest BCUT2D eigenvalue weighted by molar-refractivity contribution is -0.384. The zero-order valence-corrected chi connectivity index (χ0v) is 10.1. The highest BCUT2D eigenvalue weighted by Gasteiger charge is 2.08. The fourth-order valence-electron chi connectivity index (χ4n) is 1.34. The van der Waals surface area contributed by atoms with Gasteiger partial charge in [-0.3, -0.25) is 10.1 Å². The lowest BCUT2D eigenvalue weighted by Crippen LogP contribution is -2.30. The van der Waals surface area contributed by atoms with Gasteiger partial charge in [-0.2, -0.15) is 0 Å². The summed E-state index contributed by atoms with van der Waals surface area (Å²) in [4.78, 5) is 10.0. The van der Waals surface area contributed by atoms with Gasteiger partial charge in [0.25, 0.3) is 5.69 Å². The Labute approximate surface area is 101 Å². The number of nitro benzene ring substituents is 1. The third-order valence-corrected chi connectivity index (χ3v) is 2.60. The molecule has 1 unspecified atom stereocenters. The van der Waals surface area contributed by atoms with Crippen molar-refractivity contribution in [3.05, 3.63) is 39.9 Å². The van der Waals surface area contributed by atoms with Gasteiger partial charge in [0.2, 0.25) is 0 Å². The Morgan fingerprint density at radius 3 is 2.41 bits per heavy atom. The molecular formula is C12H18N2O3. The molecule has 94 valence electrons. The predicted molar refractivity (Wildman–Crippen MR) is 65.6 cm³/mol. The van der Waals surface area contributed by atoms with Gasteiger partial charge in [0, 0.05) is 25.2 Å². The van der Waals surface area contributed by atoms with Crippen LogP contribution in [-0.2, 0) is 6.54 Å². The highest BCUT2D eigenvalue weighted by atomic mass is 16.6. The van der Waals surface area contributed by atoms with E-state index in [1.54, 1.807) is 12.1 Å². The molecule has 1 rings (SSSR count). The average molecular weight is 238 g/mol. The topological polar surface area (TPSA) is 75.4 Å². The third kappa shape index (κ3) is 4.50. The summed E-state index contributed by atoms with van der Waals surface area (Å²) >= 11 is 0. The summed E-state index contributed by atoms with van der Waals surface area (Å²) < 4.78 is 0. The second-order valence-electron chi connectivity index (χ2n) is 4.37. The minimum Gasteiger partial charge on any atom is -0.392 e. The van der Waals surface area contributed by atoms with Crippen LogP contribution >= 0.6 is 0 Å². The Balaban J connectivity index is 2.40. The summed E-state index contributed by atoms with van der Waals surface area (Å²) in [5.74, 6) is 0.222. The van der Waals surface area contributed by atoms with Gasteiger partial charge in [-0.15, -0.1) is 0 Å². The average Bonchev–Trinajstić information content (AvgIpc) is 2.29. The molecule has 1 aromatic rings. The van der Waals surface area contributed by atoms with Gasteiger partial charge in [-0.05, 0) is 11.5 Å². The van der Waals surface area contributed by atoms with E-state index in [-0.39, 0.29) is 17.7 Å². The summed E-state index contributed by atoms with van der Waals surface area (Å²) in [6.45, 7) is 5.03. The number of benzene rings is 1. The van der Waals surface area contributed by atoms with Crippen molar-refractivity contribution in [3.8, 4) is 0 Å². The molecule has 2 N–H and O–H groups in total. The molecule has 0 radical (unpaired) electrons. The van der Waals surface area contributed by atoms with E-state index >= 15 is 0 Å². The molecule has 0 heterocycles. The Hall–Kier alpha value is -1.46. The SMILES string of the molecule is CC(C)C(O)CNCc1ccc([N+](=O)[O-])cc1. The van der Waals surface area contributed by atoms with E-state index in [1.165, 1.54) is 12.1 Å². The molecule has 0 aliphatic rings. The van der Waals surface area contributed by atoms with Crippen LogP contribution in [0.25, 0.3) is 0 Å². The van der Waals surface area contributed by atoms with E-state index in [0.29, 0.717) is 13.1 Å². The van der Waals surface area contributed by atoms with Gasteiger partial charge in [-0.1, -0.05) is 26.0 Å². The quantitative estimate of drug-likeness (QED) is 0.584. The Morgan fingerprint density at radius 2 is 1.94 bits per heavy atom. The van der Waals surface area contributed by atoms with Gasteiger partial charge >= 0.3 is 0 Å². The summed E-state index contributed by atoms with van der Waals surface area (Å²) in [7, 11) is 0. The van der Waals surface area contributed by atoms with E-state index in [4.69, 9.17) is 0 Å². The minimum atomic E-state index is -0.417. The molecule has 5 heteroatoms. The van der Waals surface area contributed by atoms with Crippen LogP contribution < -0.4 is 5.32 Å². The summed E-state index contributed by atoms with van der Waals surface area (Å²) in [5.41, 5.74) is 1.06. The van der Waals surface area contributed by atoms with Crippen molar-refractivity contribution in [1.82, 2.24) is 5.32 Å². The van der Waals surface area contributed by atoms with Crippen molar-refractivity contribution in [2.45, 2.75) is 26.5 Å². The normalized spacial score (nSPS) is 12.7. The van der Waals surface area contributed by atoms with Gasteiger partial charge < -0.3 is 10.4 Å². The summed E-state index contributed by atoms with van der Waals surface area (Å²) in [6, 6.07) is 6.39. The second kappa shape index (κ2) is 6.32. The summed E-state index contributed by atoms with van der Waals surface area (Å²) in [6.07, 6.45) is -0.368. The van der Waals surface area contributed by atoms with Crippen LogP contribution in [0.15, 0.2) is 24.3 Å². The maximum Gasteiger partial charge on any atom is 0.269 e. The zero-order valence-electron chi connectivity index (χ0n) is 10.1. The zero-order chi connectivity index (χ0) is 12.8. The van der Waals surface area contributed by atoms with Gasteiger partial charge in [0.15, 0.2) is 0 Å². The Bertz CT molecular complexity index is 363. The number of hydrogen-bond donors (Lipinski definition) is 2. The number of non-ortho nitro benzene ring substituents is 1. The Kier molecular flexibility index (Phi) is 5.06. The predicted octanol–water partition coefficient (Wildman–Crippen LogP) is 1.70.